The Bertz CT molecular complexity index is 491. The fraction of sp³-hybridized carbons (Fsp3) is 0.0909. The minimum Gasteiger partial charge on any atom is -0.478 e. The molecule has 1 aromatic carbocycles. The third-order valence-electron chi connectivity index (χ3n) is 2.12. The minimum atomic E-state index is -0.917. The number of carboxylic acid groups (broad SMARTS) is 1. The minimum absolute atomic E-state index is 0.311. The van der Waals surface area contributed by atoms with Crippen molar-refractivity contribution in [3.05, 3.63) is 40.8 Å². The molecular weight excluding hydrogens is 210 g/mol. The number of hydrogen-bond acceptors (Lipinski definition) is 3. The first-order valence-electron chi connectivity index (χ1n) is 4.45. The zero-order valence-electron chi connectivity index (χ0n) is 8.10. The van der Waals surface area contributed by atoms with Crippen molar-refractivity contribution in [3.8, 4) is 11.3 Å². The first-order chi connectivity index (χ1) is 7.20. The molecule has 1 N–H and O–H groups in total. The Morgan fingerprint density at radius 1 is 1.33 bits per heavy atom. The van der Waals surface area contributed by atoms with E-state index in [2.05, 4.69) is 4.37 Å². The molecule has 1 aromatic heterocycles. The molecule has 0 atom stereocenters. The van der Waals surface area contributed by atoms with E-state index in [1.54, 1.807) is 6.92 Å². The molecule has 4 heteroatoms. The molecule has 0 unspecified atom stereocenters. The molecule has 0 saturated carbocycles. The van der Waals surface area contributed by atoms with Crippen molar-refractivity contribution in [2.24, 2.45) is 0 Å². The van der Waals surface area contributed by atoms with Crippen molar-refractivity contribution < 1.29 is 9.90 Å². The fourth-order valence-corrected chi connectivity index (χ4v) is 2.12. The van der Waals surface area contributed by atoms with Gasteiger partial charge in [-0.3, -0.25) is 0 Å². The number of nitrogens with zero attached hydrogens (tertiary/aromatic N) is 1. The summed E-state index contributed by atoms with van der Waals surface area (Å²) in [7, 11) is 0. The molecule has 0 spiro atoms. The summed E-state index contributed by atoms with van der Waals surface area (Å²) < 4.78 is 4.17. The molecule has 3 nitrogen and oxygen atoms in total. The van der Waals surface area contributed by atoms with Gasteiger partial charge in [0.1, 0.15) is 5.56 Å². The van der Waals surface area contributed by atoms with Gasteiger partial charge in [0, 0.05) is 10.4 Å². The Morgan fingerprint density at radius 2 is 2.00 bits per heavy atom. The van der Waals surface area contributed by atoms with Crippen LogP contribution < -0.4 is 0 Å². The lowest BCUT2D eigenvalue weighted by atomic mass is 10.1. The van der Waals surface area contributed by atoms with Crippen LogP contribution >= 0.6 is 11.5 Å². The van der Waals surface area contributed by atoms with Gasteiger partial charge in [0.2, 0.25) is 0 Å². The molecule has 2 aromatic rings. The Morgan fingerprint density at radius 3 is 2.60 bits per heavy atom. The number of rotatable bonds is 2. The quantitative estimate of drug-likeness (QED) is 0.844. The van der Waals surface area contributed by atoms with Crippen LogP contribution in [0.2, 0.25) is 0 Å². The van der Waals surface area contributed by atoms with Gasteiger partial charge in [0.15, 0.2) is 0 Å². The average Bonchev–Trinajstić information content (AvgIpc) is 2.61. The van der Waals surface area contributed by atoms with E-state index in [1.165, 1.54) is 11.5 Å². The summed E-state index contributed by atoms with van der Waals surface area (Å²) in [6.07, 6.45) is 0. The molecule has 2 rings (SSSR count). The normalized spacial score (nSPS) is 10.2. The van der Waals surface area contributed by atoms with Gasteiger partial charge in [-0.25, -0.2) is 4.79 Å². The molecule has 0 aliphatic heterocycles. The highest BCUT2D eigenvalue weighted by Crippen LogP contribution is 2.27. The van der Waals surface area contributed by atoms with Crippen molar-refractivity contribution in [2.45, 2.75) is 6.92 Å². The van der Waals surface area contributed by atoms with Crippen molar-refractivity contribution >= 4 is 17.5 Å². The van der Waals surface area contributed by atoms with Gasteiger partial charge in [-0.15, -0.1) is 0 Å². The number of benzene rings is 1. The lowest BCUT2D eigenvalue weighted by Gasteiger charge is -1.98. The van der Waals surface area contributed by atoms with Crippen molar-refractivity contribution in [1.82, 2.24) is 4.37 Å². The molecule has 0 bridgehead atoms. The molecule has 0 aliphatic rings. The number of aromatic nitrogens is 1. The molecule has 15 heavy (non-hydrogen) atoms. The molecule has 0 amide bonds. The third kappa shape index (κ3) is 1.76. The van der Waals surface area contributed by atoms with Crippen molar-refractivity contribution in [2.75, 3.05) is 0 Å². The van der Waals surface area contributed by atoms with Crippen LogP contribution in [0.4, 0.5) is 0 Å². The van der Waals surface area contributed by atoms with Crippen LogP contribution in [0.5, 0.6) is 0 Å². The largest absolute Gasteiger partial charge is 0.478 e. The molecular formula is C11H9NO2S. The number of aromatic carboxylic acids is 1. The number of carbonyl (C=O) groups is 1. The number of aryl methyl sites for hydroxylation is 1. The van der Waals surface area contributed by atoms with Crippen molar-refractivity contribution in [3.63, 3.8) is 0 Å². The Balaban J connectivity index is 2.59. The van der Waals surface area contributed by atoms with Crippen LogP contribution in [0.15, 0.2) is 30.3 Å². The van der Waals surface area contributed by atoms with Gasteiger partial charge >= 0.3 is 5.97 Å². The smallest absolute Gasteiger partial charge is 0.339 e. The van der Waals surface area contributed by atoms with Crippen molar-refractivity contribution in [1.29, 1.82) is 0 Å². The van der Waals surface area contributed by atoms with Crippen LogP contribution in [0.3, 0.4) is 0 Å². The third-order valence-corrected chi connectivity index (χ3v) is 2.88. The van der Waals surface area contributed by atoms with E-state index in [-0.39, 0.29) is 0 Å². The van der Waals surface area contributed by atoms with Crippen LogP contribution in [-0.4, -0.2) is 15.4 Å². The number of carboxylic acids is 1. The van der Waals surface area contributed by atoms with E-state index in [9.17, 15) is 4.79 Å². The zero-order valence-corrected chi connectivity index (χ0v) is 8.91. The summed E-state index contributed by atoms with van der Waals surface area (Å²) in [6.45, 7) is 1.77. The predicted molar refractivity (Wildman–Crippen MR) is 59.2 cm³/mol. The van der Waals surface area contributed by atoms with E-state index in [0.29, 0.717) is 11.3 Å². The zero-order chi connectivity index (χ0) is 10.8. The van der Waals surface area contributed by atoms with E-state index in [4.69, 9.17) is 5.11 Å². The van der Waals surface area contributed by atoms with E-state index in [1.807, 2.05) is 30.3 Å². The first kappa shape index (κ1) is 9.86. The van der Waals surface area contributed by atoms with Crippen LogP contribution in [0.1, 0.15) is 15.2 Å². The van der Waals surface area contributed by atoms with Gasteiger partial charge in [0.05, 0.1) is 5.69 Å². The second-order valence-corrected chi connectivity index (χ2v) is 4.11. The second kappa shape index (κ2) is 3.82. The summed E-state index contributed by atoms with van der Waals surface area (Å²) in [5.41, 5.74) is 1.72. The first-order valence-corrected chi connectivity index (χ1v) is 5.22. The summed E-state index contributed by atoms with van der Waals surface area (Å²) in [5.74, 6) is -0.917. The molecule has 76 valence electrons. The van der Waals surface area contributed by atoms with E-state index >= 15 is 0 Å². The Kier molecular flexibility index (Phi) is 2.51. The van der Waals surface area contributed by atoms with Crippen LogP contribution in [-0.2, 0) is 0 Å². The maximum absolute atomic E-state index is 11.0. The highest BCUT2D eigenvalue weighted by Gasteiger charge is 2.18. The summed E-state index contributed by atoms with van der Waals surface area (Å²) in [5, 5.41) is 9.06. The molecule has 0 aliphatic carbocycles. The van der Waals surface area contributed by atoms with Gasteiger partial charge in [-0.1, -0.05) is 30.3 Å². The molecule has 1 heterocycles. The summed E-state index contributed by atoms with van der Waals surface area (Å²) >= 11 is 1.22. The SMILES string of the molecule is Cc1snc(-c2ccccc2)c1C(=O)O. The molecule has 0 radical (unpaired) electrons. The van der Waals surface area contributed by atoms with Crippen LogP contribution in [0.25, 0.3) is 11.3 Å². The maximum atomic E-state index is 11.0. The number of hydrogen-bond donors (Lipinski definition) is 1. The van der Waals surface area contributed by atoms with Gasteiger partial charge in [-0.2, -0.15) is 4.37 Å². The molecule has 0 fully saturated rings. The Hall–Kier alpha value is -1.68. The van der Waals surface area contributed by atoms with E-state index in [0.717, 1.165) is 10.4 Å². The van der Waals surface area contributed by atoms with Gasteiger partial charge in [-0.05, 0) is 18.5 Å². The topological polar surface area (TPSA) is 50.2 Å². The standard InChI is InChI=1S/C11H9NO2S/c1-7-9(11(13)14)10(12-15-7)8-5-3-2-4-6-8/h2-6H,1H3,(H,13,14). The Labute approximate surface area is 91.2 Å². The maximum Gasteiger partial charge on any atom is 0.339 e. The van der Waals surface area contributed by atoms with Gasteiger partial charge in [0.25, 0.3) is 0 Å². The molecule has 0 saturated heterocycles. The van der Waals surface area contributed by atoms with E-state index < -0.39 is 5.97 Å². The lowest BCUT2D eigenvalue weighted by Crippen LogP contribution is -1.98. The predicted octanol–water partition coefficient (Wildman–Crippen LogP) is 2.82. The van der Waals surface area contributed by atoms with Crippen LogP contribution in [0, 0.1) is 6.92 Å². The summed E-state index contributed by atoms with van der Waals surface area (Å²) in [6, 6.07) is 9.36. The van der Waals surface area contributed by atoms with Gasteiger partial charge < -0.3 is 5.11 Å². The highest BCUT2D eigenvalue weighted by atomic mass is 32.1. The monoisotopic (exact) mass is 219 g/mol. The second-order valence-electron chi connectivity index (χ2n) is 3.13. The average molecular weight is 219 g/mol. The fourth-order valence-electron chi connectivity index (χ4n) is 1.42. The lowest BCUT2D eigenvalue weighted by molar-refractivity contribution is 0.0697. The highest BCUT2D eigenvalue weighted by molar-refractivity contribution is 7.06. The summed E-state index contributed by atoms with van der Waals surface area (Å²) in [4.78, 5) is 11.8.